The van der Waals surface area contributed by atoms with Gasteiger partial charge in [-0.1, -0.05) is 6.07 Å². The highest BCUT2D eigenvalue weighted by molar-refractivity contribution is 7.91. The van der Waals surface area contributed by atoms with Crippen LogP contribution in [0.5, 0.6) is 0 Å². The number of rotatable bonds is 2. The maximum Gasteiger partial charge on any atom is 0.150 e. The van der Waals surface area contributed by atoms with Gasteiger partial charge in [0.1, 0.15) is 0 Å². The first-order valence-electron chi connectivity index (χ1n) is 6.46. The molecule has 2 heterocycles. The van der Waals surface area contributed by atoms with Crippen LogP contribution >= 0.6 is 0 Å². The lowest BCUT2D eigenvalue weighted by molar-refractivity contribution is 0.391. The largest absolute Gasteiger partial charge is 0.327 e. The highest BCUT2D eigenvalue weighted by atomic mass is 32.2. The van der Waals surface area contributed by atoms with Crippen LogP contribution in [-0.2, 0) is 16.3 Å². The van der Waals surface area contributed by atoms with Crippen LogP contribution in [0.1, 0.15) is 30.0 Å². The van der Waals surface area contributed by atoms with E-state index in [9.17, 15) is 8.42 Å². The number of hydrogen-bond donors (Lipinski definition) is 1. The number of fused-ring (bicyclic) bond motifs is 1. The zero-order valence-electron chi connectivity index (χ0n) is 10.2. The van der Waals surface area contributed by atoms with Gasteiger partial charge in [-0.25, -0.2) is 8.42 Å². The van der Waals surface area contributed by atoms with Crippen molar-refractivity contribution in [2.75, 3.05) is 11.5 Å². The molecule has 0 radical (unpaired) electrons. The molecule has 98 valence electrons. The van der Waals surface area contributed by atoms with Gasteiger partial charge in [0.05, 0.1) is 11.5 Å². The minimum atomic E-state index is -2.85. The van der Waals surface area contributed by atoms with Crippen molar-refractivity contribution < 1.29 is 8.42 Å². The van der Waals surface area contributed by atoms with Gasteiger partial charge in [0.25, 0.3) is 0 Å². The van der Waals surface area contributed by atoms with Crippen molar-refractivity contribution in [3.8, 4) is 0 Å². The monoisotopic (exact) mass is 266 g/mol. The van der Waals surface area contributed by atoms with E-state index in [1.807, 2.05) is 6.07 Å². The van der Waals surface area contributed by atoms with Gasteiger partial charge in [-0.15, -0.1) is 0 Å². The lowest BCUT2D eigenvalue weighted by Gasteiger charge is -2.24. The summed E-state index contributed by atoms with van der Waals surface area (Å²) in [5, 5.41) is 0. The van der Waals surface area contributed by atoms with Crippen molar-refractivity contribution in [2.24, 2.45) is 11.7 Å². The Bertz CT molecular complexity index is 556. The number of nitrogens with two attached hydrogens (primary N) is 1. The summed E-state index contributed by atoms with van der Waals surface area (Å²) in [6.07, 6.45) is 4.53. The average Bonchev–Trinajstić information content (AvgIpc) is 2.91. The van der Waals surface area contributed by atoms with Crippen molar-refractivity contribution in [1.82, 2.24) is 4.98 Å². The molecular weight excluding hydrogens is 248 g/mol. The van der Waals surface area contributed by atoms with Crippen LogP contribution < -0.4 is 5.73 Å². The average molecular weight is 266 g/mol. The van der Waals surface area contributed by atoms with E-state index in [-0.39, 0.29) is 23.6 Å². The molecule has 5 heteroatoms. The predicted molar refractivity (Wildman–Crippen MR) is 70.0 cm³/mol. The summed E-state index contributed by atoms with van der Waals surface area (Å²) in [6, 6.07) is 3.98. The molecule has 2 aliphatic rings. The first kappa shape index (κ1) is 12.1. The Morgan fingerprint density at radius 2 is 2.22 bits per heavy atom. The van der Waals surface area contributed by atoms with E-state index in [4.69, 9.17) is 5.73 Å². The van der Waals surface area contributed by atoms with Gasteiger partial charge in [0.2, 0.25) is 0 Å². The van der Waals surface area contributed by atoms with Gasteiger partial charge in [0.15, 0.2) is 9.84 Å². The number of hydrogen-bond acceptors (Lipinski definition) is 4. The fraction of sp³-hybridized carbons (Fsp3) is 0.615. The van der Waals surface area contributed by atoms with Crippen molar-refractivity contribution in [3.63, 3.8) is 0 Å². The standard InChI is InChI=1S/C13H18N2O2S/c14-12(10-5-7-18(16,17)8-10)11-4-3-9-2-1-6-15-13(9)11/h1-2,6,10-12H,3-5,7-8,14H2. The third kappa shape index (κ3) is 2.06. The zero-order valence-corrected chi connectivity index (χ0v) is 11.1. The Hall–Kier alpha value is -0.940. The second-order valence-electron chi connectivity index (χ2n) is 5.43. The molecule has 3 unspecified atom stereocenters. The summed E-state index contributed by atoms with van der Waals surface area (Å²) in [7, 11) is -2.85. The van der Waals surface area contributed by atoms with Gasteiger partial charge in [0, 0.05) is 23.9 Å². The molecule has 0 saturated carbocycles. The van der Waals surface area contributed by atoms with E-state index in [1.165, 1.54) is 5.56 Å². The topological polar surface area (TPSA) is 73.1 Å². The third-order valence-electron chi connectivity index (χ3n) is 4.28. The molecule has 3 atom stereocenters. The molecule has 1 aliphatic heterocycles. The molecule has 4 nitrogen and oxygen atoms in total. The summed E-state index contributed by atoms with van der Waals surface area (Å²) in [5.41, 5.74) is 8.68. The van der Waals surface area contributed by atoms with Gasteiger partial charge >= 0.3 is 0 Å². The quantitative estimate of drug-likeness (QED) is 0.862. The molecule has 18 heavy (non-hydrogen) atoms. The molecule has 0 bridgehead atoms. The molecule has 3 rings (SSSR count). The summed E-state index contributed by atoms with van der Waals surface area (Å²) in [6.45, 7) is 0. The van der Waals surface area contributed by atoms with Gasteiger partial charge in [-0.3, -0.25) is 4.98 Å². The molecule has 1 aromatic heterocycles. The molecule has 0 aromatic carbocycles. The molecule has 1 saturated heterocycles. The van der Waals surface area contributed by atoms with Crippen molar-refractivity contribution in [1.29, 1.82) is 0 Å². The van der Waals surface area contributed by atoms with Gasteiger partial charge in [-0.2, -0.15) is 0 Å². The van der Waals surface area contributed by atoms with E-state index < -0.39 is 9.84 Å². The Balaban J connectivity index is 1.81. The highest BCUT2D eigenvalue weighted by Crippen LogP contribution is 2.37. The van der Waals surface area contributed by atoms with Crippen molar-refractivity contribution >= 4 is 9.84 Å². The van der Waals surface area contributed by atoms with Gasteiger partial charge in [-0.05, 0) is 36.8 Å². The van der Waals surface area contributed by atoms with E-state index in [1.54, 1.807) is 6.20 Å². The molecule has 0 spiro atoms. The van der Waals surface area contributed by atoms with Crippen molar-refractivity contribution in [3.05, 3.63) is 29.6 Å². The van der Waals surface area contributed by atoms with Crippen LogP contribution in [0.25, 0.3) is 0 Å². The minimum Gasteiger partial charge on any atom is -0.327 e. The second kappa shape index (κ2) is 4.31. The Kier molecular flexibility index (Phi) is 2.90. The first-order chi connectivity index (χ1) is 8.57. The highest BCUT2D eigenvalue weighted by Gasteiger charge is 2.38. The molecule has 0 amide bonds. The maximum absolute atomic E-state index is 11.5. The third-order valence-corrected chi connectivity index (χ3v) is 6.07. The molecule has 1 fully saturated rings. The van der Waals surface area contributed by atoms with Crippen LogP contribution in [0, 0.1) is 5.92 Å². The van der Waals surface area contributed by atoms with Crippen LogP contribution in [0.2, 0.25) is 0 Å². The fourth-order valence-electron chi connectivity index (χ4n) is 3.27. The number of nitrogens with zero attached hydrogens (tertiary/aromatic N) is 1. The molecule has 1 aromatic rings. The smallest absolute Gasteiger partial charge is 0.150 e. The number of aromatic nitrogens is 1. The summed E-state index contributed by atoms with van der Waals surface area (Å²) in [5.74, 6) is 0.896. The fourth-order valence-corrected chi connectivity index (χ4v) is 5.14. The van der Waals surface area contributed by atoms with Crippen LogP contribution in [0.3, 0.4) is 0 Å². The summed E-state index contributed by atoms with van der Waals surface area (Å²) < 4.78 is 23.1. The first-order valence-corrected chi connectivity index (χ1v) is 8.29. The molecule has 2 N–H and O–H groups in total. The molecular formula is C13H18N2O2S. The van der Waals surface area contributed by atoms with Crippen LogP contribution in [0.4, 0.5) is 0 Å². The van der Waals surface area contributed by atoms with E-state index in [2.05, 4.69) is 11.1 Å². The Morgan fingerprint density at radius 1 is 1.39 bits per heavy atom. The van der Waals surface area contributed by atoms with E-state index in [0.29, 0.717) is 12.2 Å². The Morgan fingerprint density at radius 3 is 2.94 bits per heavy atom. The van der Waals surface area contributed by atoms with Crippen molar-refractivity contribution in [2.45, 2.75) is 31.2 Å². The summed E-state index contributed by atoms with van der Waals surface area (Å²) >= 11 is 0. The lowest BCUT2D eigenvalue weighted by Crippen LogP contribution is -2.36. The van der Waals surface area contributed by atoms with E-state index >= 15 is 0 Å². The number of pyridine rings is 1. The zero-order chi connectivity index (χ0) is 12.8. The second-order valence-corrected chi connectivity index (χ2v) is 7.66. The summed E-state index contributed by atoms with van der Waals surface area (Å²) in [4.78, 5) is 4.44. The number of sulfone groups is 1. The van der Waals surface area contributed by atoms with Crippen LogP contribution in [-0.4, -0.2) is 30.9 Å². The number of aryl methyl sites for hydroxylation is 1. The molecule has 1 aliphatic carbocycles. The van der Waals surface area contributed by atoms with Crippen LogP contribution in [0.15, 0.2) is 18.3 Å². The Labute approximate surface area is 108 Å². The van der Waals surface area contributed by atoms with E-state index in [0.717, 1.165) is 18.5 Å². The predicted octanol–water partition coefficient (Wildman–Crippen LogP) is 0.873. The SMILES string of the molecule is NC(C1CCS(=O)(=O)C1)C1CCc2cccnc21. The van der Waals surface area contributed by atoms with Gasteiger partial charge < -0.3 is 5.73 Å². The lowest BCUT2D eigenvalue weighted by atomic mass is 9.87. The maximum atomic E-state index is 11.5. The normalized spacial score (nSPS) is 31.2. The minimum absolute atomic E-state index is 0.0709.